The third-order valence-corrected chi connectivity index (χ3v) is 7.05. The maximum absolute atomic E-state index is 13.3. The number of nitrogens with two attached hydrogens (primary N) is 1. The fourth-order valence-corrected chi connectivity index (χ4v) is 5.28. The summed E-state index contributed by atoms with van der Waals surface area (Å²) in [6.07, 6.45) is 3.69. The largest absolute Gasteiger partial charge is 0.340 e. The third-order valence-electron chi connectivity index (χ3n) is 6.65. The van der Waals surface area contributed by atoms with Crippen molar-refractivity contribution < 1.29 is 0 Å². The molecular weight excluding hydrogens is 390 g/mol. The van der Waals surface area contributed by atoms with Gasteiger partial charge in [-0.15, -0.1) is 0 Å². The van der Waals surface area contributed by atoms with Gasteiger partial charge in [-0.1, -0.05) is 11.6 Å². The Bertz CT molecular complexity index is 1250. The van der Waals surface area contributed by atoms with Crippen LogP contribution in [-0.4, -0.2) is 44.5 Å². The summed E-state index contributed by atoms with van der Waals surface area (Å²) >= 11 is 6.72. The van der Waals surface area contributed by atoms with E-state index in [9.17, 15) is 4.79 Å². The molecule has 0 radical (unpaired) electrons. The molecule has 3 aliphatic rings. The Labute approximate surface area is 172 Å². The highest BCUT2D eigenvalue weighted by atomic mass is 35.5. The zero-order valence-electron chi connectivity index (χ0n) is 16.4. The maximum atomic E-state index is 13.3. The summed E-state index contributed by atoms with van der Waals surface area (Å²) in [5, 5.41) is 5.90. The molecule has 0 bridgehead atoms. The molecule has 4 heterocycles. The molecule has 1 aromatic carbocycles. The molecule has 2 N–H and O–H groups in total. The summed E-state index contributed by atoms with van der Waals surface area (Å²) in [5.41, 5.74) is 9.33. The monoisotopic (exact) mass is 411 g/mol. The topological polar surface area (TPSA) is 85.2 Å². The standard InChI is InChI=1S/C20H22ClN7O/c1-25-9-12-13(24-25)3-4-15(16(12)21)28-6-5-14-17(28)18(29)26(2)19(23-14)27-8-11-7-20(11,22)10-27/h3-4,9,11H,5-8,10,22H2,1-2H3. The van der Waals surface area contributed by atoms with Gasteiger partial charge >= 0.3 is 0 Å². The van der Waals surface area contributed by atoms with Crippen molar-refractivity contribution in [3.05, 3.63) is 39.4 Å². The minimum atomic E-state index is -0.0879. The van der Waals surface area contributed by atoms with Gasteiger partial charge in [0, 0.05) is 57.3 Å². The van der Waals surface area contributed by atoms with Crippen molar-refractivity contribution in [3.8, 4) is 0 Å². The fourth-order valence-electron chi connectivity index (χ4n) is 4.97. The van der Waals surface area contributed by atoms with Crippen LogP contribution in [0.1, 0.15) is 12.1 Å². The maximum Gasteiger partial charge on any atom is 0.278 e. The fraction of sp³-hybridized carbons (Fsp3) is 0.450. The van der Waals surface area contributed by atoms with E-state index >= 15 is 0 Å². The first kappa shape index (κ1) is 17.3. The molecule has 1 saturated carbocycles. The van der Waals surface area contributed by atoms with E-state index in [1.54, 1.807) is 16.3 Å². The summed E-state index contributed by atoms with van der Waals surface area (Å²) in [6.45, 7) is 2.32. The summed E-state index contributed by atoms with van der Waals surface area (Å²) in [5.74, 6) is 1.25. The van der Waals surface area contributed by atoms with Gasteiger partial charge < -0.3 is 15.5 Å². The summed E-state index contributed by atoms with van der Waals surface area (Å²) < 4.78 is 3.40. The SMILES string of the molecule is Cn1cc2c(Cl)c(N3CCc4nc(N5CC6CC6(N)C5)n(C)c(=O)c43)ccc2n1. The molecule has 2 fully saturated rings. The summed E-state index contributed by atoms with van der Waals surface area (Å²) in [7, 11) is 3.66. The van der Waals surface area contributed by atoms with Crippen LogP contribution in [0.3, 0.4) is 0 Å². The van der Waals surface area contributed by atoms with E-state index < -0.39 is 0 Å². The first-order valence-corrected chi connectivity index (χ1v) is 10.3. The molecule has 0 spiro atoms. The molecule has 6 rings (SSSR count). The van der Waals surface area contributed by atoms with Gasteiger partial charge in [-0.05, 0) is 24.5 Å². The minimum Gasteiger partial charge on any atom is -0.340 e. The van der Waals surface area contributed by atoms with Crippen LogP contribution in [0, 0.1) is 5.92 Å². The molecule has 9 heteroatoms. The van der Waals surface area contributed by atoms with Crippen LogP contribution >= 0.6 is 11.6 Å². The van der Waals surface area contributed by atoms with Gasteiger partial charge in [0.05, 0.1) is 21.9 Å². The van der Waals surface area contributed by atoms with Gasteiger partial charge in [0.1, 0.15) is 5.69 Å². The highest BCUT2D eigenvalue weighted by Gasteiger charge is 2.58. The average Bonchev–Trinajstić information content (AvgIpc) is 3.05. The lowest BCUT2D eigenvalue weighted by molar-refractivity contribution is 0.674. The number of halogens is 1. The van der Waals surface area contributed by atoms with Crippen LogP contribution in [0.15, 0.2) is 23.1 Å². The van der Waals surface area contributed by atoms with E-state index in [4.69, 9.17) is 22.3 Å². The lowest BCUT2D eigenvalue weighted by atomic mass is 10.2. The van der Waals surface area contributed by atoms with Crippen molar-refractivity contribution in [3.63, 3.8) is 0 Å². The first-order valence-electron chi connectivity index (χ1n) is 9.89. The van der Waals surface area contributed by atoms with E-state index in [2.05, 4.69) is 10.00 Å². The van der Waals surface area contributed by atoms with Crippen LogP contribution in [0.4, 0.5) is 17.3 Å². The quantitative estimate of drug-likeness (QED) is 0.688. The molecule has 2 aliphatic heterocycles. The number of fused-ring (bicyclic) bond motifs is 3. The first-order chi connectivity index (χ1) is 13.9. The zero-order chi connectivity index (χ0) is 20.1. The van der Waals surface area contributed by atoms with Crippen molar-refractivity contribution >= 4 is 39.8 Å². The number of hydrogen-bond donors (Lipinski definition) is 1. The number of aryl methyl sites for hydroxylation is 1. The van der Waals surface area contributed by atoms with Crippen LogP contribution in [-0.2, 0) is 20.5 Å². The average molecular weight is 412 g/mol. The van der Waals surface area contributed by atoms with Gasteiger partial charge in [-0.3, -0.25) is 14.0 Å². The van der Waals surface area contributed by atoms with Gasteiger partial charge in [-0.25, -0.2) is 4.98 Å². The lowest BCUT2D eigenvalue weighted by Gasteiger charge is -2.25. The molecule has 8 nitrogen and oxygen atoms in total. The molecule has 2 aromatic heterocycles. The number of hydrogen-bond acceptors (Lipinski definition) is 6. The second kappa shape index (κ2) is 5.52. The number of nitrogens with zero attached hydrogens (tertiary/aromatic N) is 6. The van der Waals surface area contributed by atoms with Crippen molar-refractivity contribution in [2.45, 2.75) is 18.4 Å². The summed E-state index contributed by atoms with van der Waals surface area (Å²) in [4.78, 5) is 22.4. The van der Waals surface area contributed by atoms with Crippen LogP contribution in [0.5, 0.6) is 0 Å². The second-order valence-corrected chi connectivity index (χ2v) is 9.00. The predicted molar refractivity (Wildman–Crippen MR) is 113 cm³/mol. The van der Waals surface area contributed by atoms with Gasteiger partial charge in [0.2, 0.25) is 5.95 Å². The Morgan fingerprint density at radius 2 is 2.14 bits per heavy atom. The van der Waals surface area contributed by atoms with Crippen LogP contribution < -0.4 is 21.1 Å². The number of piperidine rings is 1. The van der Waals surface area contributed by atoms with Gasteiger partial charge in [0.15, 0.2) is 0 Å². The second-order valence-electron chi connectivity index (χ2n) is 8.62. The molecule has 2 atom stereocenters. The highest BCUT2D eigenvalue weighted by molar-refractivity contribution is 6.38. The minimum absolute atomic E-state index is 0.0449. The Hall–Kier alpha value is -2.58. The number of anilines is 3. The Kier molecular flexibility index (Phi) is 3.29. The Morgan fingerprint density at radius 3 is 2.90 bits per heavy atom. The molecule has 0 amide bonds. The third kappa shape index (κ3) is 2.33. The Balaban J connectivity index is 1.44. The van der Waals surface area contributed by atoms with E-state index in [-0.39, 0.29) is 11.1 Å². The van der Waals surface area contributed by atoms with Gasteiger partial charge in [-0.2, -0.15) is 5.10 Å². The molecule has 29 heavy (non-hydrogen) atoms. The highest BCUT2D eigenvalue weighted by Crippen LogP contribution is 2.48. The zero-order valence-corrected chi connectivity index (χ0v) is 17.1. The molecule has 2 unspecified atom stereocenters. The molecular formula is C20H22ClN7O. The van der Waals surface area contributed by atoms with E-state index in [0.717, 1.165) is 47.7 Å². The van der Waals surface area contributed by atoms with Crippen molar-refractivity contribution in [2.75, 3.05) is 29.4 Å². The molecule has 3 aromatic rings. The van der Waals surface area contributed by atoms with Crippen molar-refractivity contribution in [1.82, 2.24) is 19.3 Å². The molecule has 150 valence electrons. The normalized spacial score (nSPS) is 25.0. The van der Waals surface area contributed by atoms with Gasteiger partial charge in [0.25, 0.3) is 5.56 Å². The van der Waals surface area contributed by atoms with Crippen molar-refractivity contribution in [1.29, 1.82) is 0 Å². The van der Waals surface area contributed by atoms with Crippen molar-refractivity contribution in [2.24, 2.45) is 25.7 Å². The van der Waals surface area contributed by atoms with E-state index in [0.29, 0.717) is 29.6 Å². The van der Waals surface area contributed by atoms with E-state index in [1.807, 2.05) is 30.3 Å². The Morgan fingerprint density at radius 1 is 1.31 bits per heavy atom. The smallest absolute Gasteiger partial charge is 0.278 e. The predicted octanol–water partition coefficient (Wildman–Crippen LogP) is 1.55. The number of aromatic nitrogens is 4. The summed E-state index contributed by atoms with van der Waals surface area (Å²) in [6, 6.07) is 3.88. The lowest BCUT2D eigenvalue weighted by Crippen LogP contribution is -2.37. The number of benzene rings is 1. The number of rotatable bonds is 2. The molecule has 1 saturated heterocycles. The molecule has 1 aliphatic carbocycles. The van der Waals surface area contributed by atoms with E-state index in [1.165, 1.54) is 0 Å². The van der Waals surface area contributed by atoms with Crippen LogP contribution in [0.2, 0.25) is 5.02 Å². The van der Waals surface area contributed by atoms with Crippen LogP contribution in [0.25, 0.3) is 10.9 Å².